The lowest BCUT2D eigenvalue weighted by Gasteiger charge is -2.38. The molecule has 1 spiro atoms. The van der Waals surface area contributed by atoms with E-state index >= 15 is 0 Å². The van der Waals surface area contributed by atoms with Gasteiger partial charge in [0.05, 0.1) is 14.7 Å². The Kier molecular flexibility index (Phi) is 9.98. The molecule has 7 nitrogen and oxygen atoms in total. The largest absolute Gasteiger partial charge is 0.454 e. The highest BCUT2D eigenvalue weighted by Gasteiger charge is 2.38. The van der Waals surface area contributed by atoms with E-state index < -0.39 is 9.84 Å². The van der Waals surface area contributed by atoms with Gasteiger partial charge >= 0.3 is 0 Å². The van der Waals surface area contributed by atoms with Crippen molar-refractivity contribution in [2.24, 2.45) is 0 Å². The van der Waals surface area contributed by atoms with E-state index in [4.69, 9.17) is 4.74 Å². The number of nitrogens with one attached hydrogen (secondary N) is 3. The maximum Gasteiger partial charge on any atom is 0.267 e. The minimum absolute atomic E-state index is 0.0482. The Hall–Kier alpha value is -3.53. The molecule has 0 saturated heterocycles. The zero-order chi connectivity index (χ0) is 33.0. The van der Waals surface area contributed by atoms with Gasteiger partial charge in [-0.3, -0.25) is 4.79 Å². The monoisotopic (exact) mass is 683 g/mol. The maximum atomic E-state index is 13.8. The number of amides is 1. The lowest BCUT2D eigenvalue weighted by atomic mass is 9.72. The molecule has 2 aliphatic heterocycles. The van der Waals surface area contributed by atoms with Gasteiger partial charge in [0.25, 0.3) is 5.91 Å². The molecule has 1 aromatic heterocycles. The summed E-state index contributed by atoms with van der Waals surface area (Å²) in [5.74, 6) is 0.858. The number of rotatable bonds is 5. The first kappa shape index (κ1) is 33.0. The highest BCUT2D eigenvalue weighted by Crippen LogP contribution is 2.50. The second-order valence-electron chi connectivity index (χ2n) is 13.6. The Labute approximate surface area is 288 Å². The third-order valence-electron chi connectivity index (χ3n) is 10.2. The summed E-state index contributed by atoms with van der Waals surface area (Å²) in [7, 11) is -3.84. The smallest absolute Gasteiger partial charge is 0.267 e. The summed E-state index contributed by atoms with van der Waals surface area (Å²) in [6.45, 7) is 2.03. The van der Waals surface area contributed by atoms with E-state index in [2.05, 4.69) is 15.6 Å². The first-order chi connectivity index (χ1) is 23.4. The number of hydrogen-bond donors (Lipinski definition) is 3. The van der Waals surface area contributed by atoms with Crippen LogP contribution < -0.4 is 15.4 Å². The van der Waals surface area contributed by atoms with Crippen molar-refractivity contribution in [1.29, 1.82) is 0 Å². The van der Waals surface area contributed by atoms with Crippen LogP contribution in [0, 0.1) is 0 Å². The third-order valence-corrected chi connectivity index (χ3v) is 13.1. The summed E-state index contributed by atoms with van der Waals surface area (Å²) in [6.07, 6.45) is 15.4. The number of sulfone groups is 1. The fourth-order valence-electron chi connectivity index (χ4n) is 7.58. The molecule has 3 heterocycles. The molecule has 1 saturated carbocycles. The van der Waals surface area contributed by atoms with Gasteiger partial charge in [-0.2, -0.15) is 0 Å². The van der Waals surface area contributed by atoms with Crippen molar-refractivity contribution >= 4 is 27.5 Å². The van der Waals surface area contributed by atoms with Gasteiger partial charge in [-0.15, -0.1) is 0 Å². The number of hydrogen-bond acceptors (Lipinski definition) is 6. The van der Waals surface area contributed by atoms with Crippen LogP contribution in [0.25, 0.3) is 0 Å². The second-order valence-corrected chi connectivity index (χ2v) is 16.6. The molecule has 0 atom stereocenters. The summed E-state index contributed by atoms with van der Waals surface area (Å²) >= 11 is 1.50. The van der Waals surface area contributed by atoms with Crippen molar-refractivity contribution in [2.45, 2.75) is 115 Å². The summed E-state index contributed by atoms with van der Waals surface area (Å²) in [5, 5.41) is 6.73. The molecule has 7 rings (SSSR count). The van der Waals surface area contributed by atoms with Crippen molar-refractivity contribution in [2.75, 3.05) is 6.54 Å². The van der Waals surface area contributed by atoms with Crippen LogP contribution in [-0.2, 0) is 28.3 Å². The molecule has 1 aliphatic carbocycles. The van der Waals surface area contributed by atoms with Gasteiger partial charge in [0.15, 0.2) is 5.75 Å². The fraction of sp³-hybridized carbons (Fsp3) is 0.410. The Bertz CT molecular complexity index is 1850. The SMILES string of the molecule is O=C(NCc1ccc(S(=O)(=O)c2cccc3c2Oc2ccccc2S3)cc1)c1cc2c([nH]1)C1(CCCCCCCCCCCC1)CNC2. The van der Waals surface area contributed by atoms with E-state index in [0.717, 1.165) is 41.3 Å². The zero-order valence-electron chi connectivity index (χ0n) is 27.5. The number of para-hydroxylation sites is 2. The quantitative estimate of drug-likeness (QED) is 0.171. The lowest BCUT2D eigenvalue weighted by molar-refractivity contribution is 0.0946. The Morgan fingerprint density at radius 1 is 0.812 bits per heavy atom. The van der Waals surface area contributed by atoms with Crippen LogP contribution in [-0.4, -0.2) is 25.9 Å². The molecule has 252 valence electrons. The molecule has 0 radical (unpaired) electrons. The van der Waals surface area contributed by atoms with Crippen molar-refractivity contribution in [3.8, 4) is 11.5 Å². The summed E-state index contributed by atoms with van der Waals surface area (Å²) in [6, 6.07) is 21.6. The zero-order valence-corrected chi connectivity index (χ0v) is 29.1. The molecular formula is C39H45N3O4S2. The lowest BCUT2D eigenvalue weighted by Crippen LogP contribution is -2.43. The van der Waals surface area contributed by atoms with E-state index in [0.29, 0.717) is 23.7 Å². The molecule has 1 amide bonds. The van der Waals surface area contributed by atoms with Crippen molar-refractivity contribution in [3.63, 3.8) is 0 Å². The van der Waals surface area contributed by atoms with Gasteiger partial charge < -0.3 is 20.4 Å². The van der Waals surface area contributed by atoms with Crippen molar-refractivity contribution in [1.82, 2.24) is 15.6 Å². The van der Waals surface area contributed by atoms with Crippen LogP contribution in [0.3, 0.4) is 0 Å². The molecule has 0 unspecified atom stereocenters. The molecule has 3 aliphatic rings. The molecular weight excluding hydrogens is 639 g/mol. The number of H-pyrrole nitrogens is 1. The molecule has 3 N–H and O–H groups in total. The Balaban J connectivity index is 1.03. The third kappa shape index (κ3) is 6.96. The van der Waals surface area contributed by atoms with Crippen LogP contribution in [0.4, 0.5) is 0 Å². The molecule has 4 aromatic rings. The van der Waals surface area contributed by atoms with E-state index in [1.807, 2.05) is 36.4 Å². The normalized spacial score (nSPS) is 18.2. The molecule has 9 heteroatoms. The molecule has 0 bridgehead atoms. The van der Waals surface area contributed by atoms with Gasteiger partial charge in [0.1, 0.15) is 16.3 Å². The summed E-state index contributed by atoms with van der Waals surface area (Å²) in [5.41, 5.74) is 3.93. The minimum atomic E-state index is -3.84. The van der Waals surface area contributed by atoms with Gasteiger partial charge in [0, 0.05) is 30.7 Å². The number of carbonyl (C=O) groups excluding carboxylic acids is 1. The van der Waals surface area contributed by atoms with E-state index in [1.165, 1.54) is 87.2 Å². The molecule has 3 aromatic carbocycles. The predicted octanol–water partition coefficient (Wildman–Crippen LogP) is 9.07. The number of benzene rings is 3. The number of fused-ring (bicyclic) bond motifs is 4. The number of aromatic nitrogens is 1. The van der Waals surface area contributed by atoms with E-state index in [-0.39, 0.29) is 21.1 Å². The number of aromatic amines is 1. The van der Waals surface area contributed by atoms with Crippen LogP contribution in [0.2, 0.25) is 0 Å². The van der Waals surface area contributed by atoms with Crippen LogP contribution in [0.1, 0.15) is 104 Å². The first-order valence-electron chi connectivity index (χ1n) is 17.6. The van der Waals surface area contributed by atoms with Crippen LogP contribution in [0.15, 0.2) is 92.4 Å². The average molecular weight is 684 g/mol. The van der Waals surface area contributed by atoms with Crippen molar-refractivity contribution in [3.05, 3.63) is 95.3 Å². The van der Waals surface area contributed by atoms with Gasteiger partial charge in [0.2, 0.25) is 9.84 Å². The molecule has 1 fully saturated rings. The summed E-state index contributed by atoms with van der Waals surface area (Å²) < 4.78 is 33.6. The summed E-state index contributed by atoms with van der Waals surface area (Å²) in [4.78, 5) is 19.0. The highest BCUT2D eigenvalue weighted by atomic mass is 32.2. The van der Waals surface area contributed by atoms with Gasteiger partial charge in [-0.05, 0) is 66.4 Å². The number of ether oxygens (including phenoxy) is 1. The van der Waals surface area contributed by atoms with E-state index in [9.17, 15) is 13.2 Å². The Morgan fingerprint density at radius 3 is 2.21 bits per heavy atom. The van der Waals surface area contributed by atoms with E-state index in [1.54, 1.807) is 36.4 Å². The van der Waals surface area contributed by atoms with Gasteiger partial charge in [-0.1, -0.05) is 106 Å². The minimum Gasteiger partial charge on any atom is -0.454 e. The Morgan fingerprint density at radius 2 is 1.48 bits per heavy atom. The molecule has 48 heavy (non-hydrogen) atoms. The predicted molar refractivity (Wildman–Crippen MR) is 190 cm³/mol. The first-order valence-corrected chi connectivity index (χ1v) is 19.9. The average Bonchev–Trinajstić information content (AvgIpc) is 3.56. The van der Waals surface area contributed by atoms with Crippen molar-refractivity contribution < 1.29 is 17.9 Å². The number of carbonyl (C=O) groups is 1. The highest BCUT2D eigenvalue weighted by molar-refractivity contribution is 7.99. The van der Waals surface area contributed by atoms with Gasteiger partial charge in [-0.25, -0.2) is 8.42 Å². The standard InChI is InChI=1S/C39H45N3O4S2/c43-38(31-24-29-26-40-27-39(37(29)42-31)22-11-7-5-3-1-2-4-6-8-12-23-39)41-25-28-18-20-30(21-19-28)48(44,45)35-17-13-16-34-36(35)46-32-14-9-10-15-33(32)47-34/h9-10,13-21,24,40,42H,1-8,11-12,22-23,25-27H2,(H,41,43). The van der Waals surface area contributed by atoms with Crippen LogP contribution >= 0.6 is 11.8 Å². The second kappa shape index (κ2) is 14.5. The topological polar surface area (TPSA) is 100 Å². The maximum absolute atomic E-state index is 13.8. The fourth-order valence-corrected chi connectivity index (χ4v) is 10.0. The van der Waals surface area contributed by atoms with Crippen LogP contribution in [0.5, 0.6) is 11.5 Å².